The zero-order valence-electron chi connectivity index (χ0n) is 37.4. The zero-order valence-corrected chi connectivity index (χ0v) is 37.4. The van der Waals surface area contributed by atoms with Gasteiger partial charge in [-0.2, -0.15) is 4.58 Å². The van der Waals surface area contributed by atoms with Crippen LogP contribution in [0.4, 0.5) is 11.4 Å². The molecule has 5 aliphatic rings. The molecule has 2 heterocycles. The van der Waals surface area contributed by atoms with Crippen LogP contribution in [0.2, 0.25) is 0 Å². The number of hydrogen-bond donors (Lipinski definition) is 1. The van der Waals surface area contributed by atoms with Gasteiger partial charge in [-0.15, -0.1) is 0 Å². The van der Waals surface area contributed by atoms with Gasteiger partial charge in [0.25, 0.3) is 0 Å². The molecule has 1 N–H and O–H groups in total. The molecule has 0 fully saturated rings. The van der Waals surface area contributed by atoms with Gasteiger partial charge in [0.1, 0.15) is 30.5 Å². The minimum Gasteiger partial charge on any atom is -0.506 e. The Labute approximate surface area is 379 Å². The van der Waals surface area contributed by atoms with Gasteiger partial charge in [-0.1, -0.05) is 147 Å². The Morgan fingerprint density at radius 2 is 1.19 bits per heavy atom. The quantitative estimate of drug-likeness (QED) is 0.0545. The number of Topliss-reactive ketones (excluding diaryl/α,β-unsaturated/α-hetero) is 1. The van der Waals surface area contributed by atoms with Gasteiger partial charge < -0.3 is 19.5 Å². The van der Waals surface area contributed by atoms with E-state index in [0.717, 1.165) is 85.6 Å². The van der Waals surface area contributed by atoms with Crippen molar-refractivity contribution in [1.82, 2.24) is 0 Å². The number of nitrogens with zero attached hydrogens (tertiary/aromatic N) is 2. The van der Waals surface area contributed by atoms with Gasteiger partial charge in [0, 0.05) is 34.5 Å². The maximum atomic E-state index is 14.7. The number of rotatable bonds is 20. The van der Waals surface area contributed by atoms with Crippen molar-refractivity contribution in [3.63, 3.8) is 0 Å². The van der Waals surface area contributed by atoms with Crippen LogP contribution in [0.25, 0.3) is 0 Å². The number of hydrogen-bond acceptors (Lipinski definition) is 5. The first-order valence-electron chi connectivity index (χ1n) is 23.4. The van der Waals surface area contributed by atoms with Crippen molar-refractivity contribution in [2.24, 2.45) is 11.8 Å². The molecule has 3 aliphatic carbocycles. The van der Waals surface area contributed by atoms with Crippen molar-refractivity contribution in [3.8, 4) is 11.5 Å². The lowest BCUT2D eigenvalue weighted by atomic mass is 9.73. The average molecular weight is 850 g/mol. The molecule has 4 aromatic rings. The lowest BCUT2D eigenvalue weighted by Crippen LogP contribution is -2.35. The number of allylic oxidation sites excluding steroid dienone is 13. The molecule has 6 nitrogen and oxygen atoms in total. The largest absolute Gasteiger partial charge is 0.506 e. The van der Waals surface area contributed by atoms with E-state index in [0.29, 0.717) is 49.3 Å². The van der Waals surface area contributed by atoms with E-state index in [1.165, 1.54) is 11.1 Å². The molecule has 0 bridgehead atoms. The number of ketones is 1. The fourth-order valence-corrected chi connectivity index (χ4v) is 10.5. The number of benzene rings is 4. The van der Waals surface area contributed by atoms with Gasteiger partial charge in [0.05, 0.1) is 23.1 Å². The summed E-state index contributed by atoms with van der Waals surface area (Å²) in [4.78, 5) is 17.0. The highest BCUT2D eigenvalue weighted by Gasteiger charge is 2.50. The zero-order chi connectivity index (χ0) is 43.9. The monoisotopic (exact) mass is 849 g/mol. The molecule has 4 aromatic carbocycles. The van der Waals surface area contributed by atoms with Crippen LogP contribution in [0, 0.1) is 11.8 Å². The third kappa shape index (κ3) is 8.75. The van der Waals surface area contributed by atoms with E-state index in [2.05, 4.69) is 120 Å². The predicted molar refractivity (Wildman–Crippen MR) is 260 cm³/mol. The smallest absolute Gasteiger partial charge is 0.209 e. The third-order valence-corrected chi connectivity index (χ3v) is 14.1. The maximum Gasteiger partial charge on any atom is 0.209 e. The van der Waals surface area contributed by atoms with Crippen molar-refractivity contribution < 1.29 is 24.0 Å². The number of aliphatic hydroxyl groups excluding tert-OH is 1. The summed E-state index contributed by atoms with van der Waals surface area (Å²) in [6, 6.07) is 37.1. The Bertz CT molecular complexity index is 2570. The van der Waals surface area contributed by atoms with Gasteiger partial charge in [-0.05, 0) is 93.3 Å². The summed E-state index contributed by atoms with van der Waals surface area (Å²) in [5, 5.41) is 12.1. The number of ether oxygens (including phenoxy) is 2. The molecule has 0 aromatic heterocycles. The number of para-hydroxylation sites is 4. The van der Waals surface area contributed by atoms with Gasteiger partial charge in [0.2, 0.25) is 11.5 Å². The molecule has 6 heteroatoms. The van der Waals surface area contributed by atoms with E-state index in [-0.39, 0.29) is 22.4 Å². The molecule has 2 atom stereocenters. The Morgan fingerprint density at radius 3 is 1.81 bits per heavy atom. The van der Waals surface area contributed by atoms with Crippen LogP contribution in [-0.4, -0.2) is 47.5 Å². The number of fused-ring (bicyclic) bond motifs is 2. The van der Waals surface area contributed by atoms with Crippen LogP contribution in [0.1, 0.15) is 76.3 Å². The lowest BCUT2D eigenvalue weighted by molar-refractivity contribution is -0.440. The summed E-state index contributed by atoms with van der Waals surface area (Å²) in [6.07, 6.45) is 30.0. The van der Waals surface area contributed by atoms with E-state index < -0.39 is 0 Å². The molecular formula is C58H61N2O4+. The Balaban J connectivity index is 1.05. The molecule has 0 saturated heterocycles. The number of aliphatic hydroxyl groups is 1. The van der Waals surface area contributed by atoms with Crippen molar-refractivity contribution in [3.05, 3.63) is 204 Å². The minimum atomic E-state index is -0.377. The van der Waals surface area contributed by atoms with E-state index in [1.54, 1.807) is 0 Å². The Hall–Kier alpha value is -6.40. The first-order chi connectivity index (χ1) is 31.3. The van der Waals surface area contributed by atoms with Gasteiger partial charge in [0.15, 0.2) is 12.3 Å². The number of anilines is 1. The van der Waals surface area contributed by atoms with E-state index in [9.17, 15) is 9.90 Å². The first kappa shape index (κ1) is 42.9. The molecular weight excluding hydrogens is 789 g/mol. The van der Waals surface area contributed by atoms with Gasteiger partial charge in [-0.25, -0.2) is 0 Å². The number of unbranched alkanes of at least 4 members (excludes halogenated alkanes) is 2. The molecule has 9 rings (SSSR count). The number of carbonyl (C=O) groups excluding carboxylic acids is 1. The van der Waals surface area contributed by atoms with Gasteiger partial charge >= 0.3 is 0 Å². The molecule has 0 saturated carbocycles. The molecule has 64 heavy (non-hydrogen) atoms. The summed E-state index contributed by atoms with van der Waals surface area (Å²) >= 11 is 0. The Kier molecular flexibility index (Phi) is 12.8. The fourth-order valence-electron chi connectivity index (χ4n) is 10.5. The highest BCUT2D eigenvalue weighted by atomic mass is 16.5. The van der Waals surface area contributed by atoms with Crippen molar-refractivity contribution in [2.45, 2.75) is 76.0 Å². The van der Waals surface area contributed by atoms with Crippen LogP contribution >= 0.6 is 0 Å². The summed E-state index contributed by atoms with van der Waals surface area (Å²) in [5.74, 6) is 2.57. The first-order valence-corrected chi connectivity index (χ1v) is 23.4. The summed E-state index contributed by atoms with van der Waals surface area (Å²) in [5.41, 5.74) is 6.77. The molecule has 2 unspecified atom stereocenters. The summed E-state index contributed by atoms with van der Waals surface area (Å²) in [7, 11) is 0. The second kappa shape index (κ2) is 19.1. The Morgan fingerprint density at radius 1 is 0.641 bits per heavy atom. The third-order valence-electron chi connectivity index (χ3n) is 14.1. The van der Waals surface area contributed by atoms with Crippen LogP contribution < -0.4 is 14.4 Å². The standard InChI is InChI=1S/C58H60N2O4/c1-57(35-19-17-25-43-21-9-10-22-43)49-31-13-15-33-51(49)59(37-39-63-45-27-5-3-6-28-45)53(57)41-47-55(61)48(56(47)62)42-54-58(2,36-20-18-26-44-23-11-12-24-44)50-32-14-16-34-52(50)60(54)38-40-64-46-29-7-4-8-30-46/h3-16,21-24,27-34,41-44H,17-20,25-26,35-40H2,1-2H3/p+1. The lowest BCUT2D eigenvalue weighted by Gasteiger charge is -2.32. The summed E-state index contributed by atoms with van der Waals surface area (Å²) in [6.45, 7) is 6.75. The molecule has 0 amide bonds. The second-order valence-electron chi connectivity index (χ2n) is 18.2. The highest BCUT2D eigenvalue weighted by Crippen LogP contribution is 2.52. The van der Waals surface area contributed by atoms with Crippen LogP contribution in [0.15, 0.2) is 193 Å². The van der Waals surface area contributed by atoms with Crippen molar-refractivity contribution in [2.75, 3.05) is 31.2 Å². The average Bonchev–Trinajstić information content (AvgIpc) is 4.14. The molecule has 0 radical (unpaired) electrons. The maximum absolute atomic E-state index is 14.7. The van der Waals surface area contributed by atoms with Crippen LogP contribution in [0.3, 0.4) is 0 Å². The topological polar surface area (TPSA) is 62.0 Å². The molecule has 0 spiro atoms. The highest BCUT2D eigenvalue weighted by molar-refractivity contribution is 6.24. The SMILES string of the molecule is CC1(CCCCC2C=CC=C2)C(/C=C2\C(=O)C(/C=C3/N(CCOc4ccccc4)c4ccccc4C3(C)CCCCC3C=CC=C3)=C2O)=[N+](CCOc2ccccc2)c2ccccc21. The second-order valence-corrected chi connectivity index (χ2v) is 18.2. The normalized spacial score (nSPS) is 22.4. The van der Waals surface area contributed by atoms with Gasteiger partial charge in [-0.3, -0.25) is 4.79 Å². The predicted octanol–water partition coefficient (Wildman–Crippen LogP) is 12.8. The van der Waals surface area contributed by atoms with Crippen molar-refractivity contribution >= 4 is 22.9 Å². The number of carbonyl (C=O) groups is 1. The minimum absolute atomic E-state index is 0.0576. The molecule has 2 aliphatic heterocycles. The van der Waals surface area contributed by atoms with Crippen LogP contribution in [-0.2, 0) is 15.6 Å². The fraction of sp³-hybridized carbons (Fsp3) is 0.310. The summed E-state index contributed by atoms with van der Waals surface area (Å²) < 4.78 is 14.8. The van der Waals surface area contributed by atoms with Crippen LogP contribution in [0.5, 0.6) is 11.5 Å². The van der Waals surface area contributed by atoms with E-state index in [1.807, 2.05) is 72.8 Å². The molecule has 326 valence electrons. The van der Waals surface area contributed by atoms with E-state index >= 15 is 0 Å². The van der Waals surface area contributed by atoms with E-state index in [4.69, 9.17) is 9.47 Å². The van der Waals surface area contributed by atoms with Crippen molar-refractivity contribution in [1.29, 1.82) is 0 Å².